The van der Waals surface area contributed by atoms with Gasteiger partial charge in [-0.1, -0.05) is 0 Å². The van der Waals surface area contributed by atoms with Gasteiger partial charge < -0.3 is 15.2 Å². The Morgan fingerprint density at radius 3 is 2.62 bits per heavy atom. The van der Waals surface area contributed by atoms with Crippen molar-refractivity contribution in [2.24, 2.45) is 5.92 Å². The highest BCUT2D eigenvalue weighted by Crippen LogP contribution is 2.27. The Bertz CT molecular complexity index is 676. The van der Waals surface area contributed by atoms with Crippen molar-refractivity contribution in [3.8, 4) is 16.3 Å². The van der Waals surface area contributed by atoms with Crippen LogP contribution in [-0.4, -0.2) is 35.8 Å². The van der Waals surface area contributed by atoms with Crippen LogP contribution in [0, 0.1) is 5.92 Å². The number of carbonyl (C=O) groups excluding carboxylic acids is 1. The third-order valence-corrected chi connectivity index (χ3v) is 5.41. The second-order valence-corrected chi connectivity index (χ2v) is 7.00. The zero-order chi connectivity index (χ0) is 16.9. The van der Waals surface area contributed by atoms with Crippen molar-refractivity contribution in [1.82, 2.24) is 10.3 Å². The number of hydrogen-bond acceptors (Lipinski definition) is 5. The molecule has 1 fully saturated rings. The zero-order valence-corrected chi connectivity index (χ0v) is 14.5. The number of methoxy groups -OCH3 is 1. The Morgan fingerprint density at radius 1 is 1.29 bits per heavy atom. The molecule has 128 valence electrons. The van der Waals surface area contributed by atoms with E-state index in [4.69, 9.17) is 4.74 Å². The molecule has 1 amide bonds. The summed E-state index contributed by atoms with van der Waals surface area (Å²) in [6.07, 6.45) is 3.78. The fourth-order valence-electron chi connectivity index (χ4n) is 2.99. The Morgan fingerprint density at radius 2 is 2.00 bits per heavy atom. The molecule has 2 aromatic rings. The van der Waals surface area contributed by atoms with Crippen LogP contribution in [0.15, 0.2) is 29.6 Å². The summed E-state index contributed by atoms with van der Waals surface area (Å²) in [5, 5.41) is 14.9. The van der Waals surface area contributed by atoms with E-state index in [-0.39, 0.29) is 18.6 Å². The van der Waals surface area contributed by atoms with Gasteiger partial charge >= 0.3 is 0 Å². The van der Waals surface area contributed by atoms with Crippen molar-refractivity contribution in [2.75, 3.05) is 13.7 Å². The summed E-state index contributed by atoms with van der Waals surface area (Å²) in [6, 6.07) is 7.84. The number of hydrogen-bond donors (Lipinski definition) is 2. The van der Waals surface area contributed by atoms with Crippen LogP contribution in [-0.2, 0) is 0 Å². The molecule has 0 bridgehead atoms. The Labute approximate surface area is 145 Å². The summed E-state index contributed by atoms with van der Waals surface area (Å²) in [7, 11) is 1.63. The Kier molecular flexibility index (Phi) is 5.48. The highest BCUT2D eigenvalue weighted by molar-refractivity contribution is 7.13. The molecule has 1 aromatic heterocycles. The van der Waals surface area contributed by atoms with Crippen LogP contribution < -0.4 is 10.1 Å². The van der Waals surface area contributed by atoms with E-state index in [1.165, 1.54) is 11.3 Å². The molecule has 1 aliphatic carbocycles. The van der Waals surface area contributed by atoms with E-state index in [2.05, 4.69) is 10.3 Å². The molecule has 0 unspecified atom stereocenters. The van der Waals surface area contributed by atoms with E-state index in [0.717, 1.165) is 42.0 Å². The zero-order valence-electron chi connectivity index (χ0n) is 13.7. The number of nitrogens with zero attached hydrogens (tertiary/aromatic N) is 1. The first-order chi connectivity index (χ1) is 11.7. The molecule has 1 aliphatic rings. The van der Waals surface area contributed by atoms with Crippen molar-refractivity contribution in [3.05, 3.63) is 35.3 Å². The van der Waals surface area contributed by atoms with Gasteiger partial charge in [-0.05, 0) is 55.9 Å². The van der Waals surface area contributed by atoms with Crippen LogP contribution in [0.5, 0.6) is 5.75 Å². The molecule has 0 radical (unpaired) electrons. The van der Waals surface area contributed by atoms with E-state index < -0.39 is 0 Å². The lowest BCUT2D eigenvalue weighted by Gasteiger charge is -2.27. The quantitative estimate of drug-likeness (QED) is 0.873. The van der Waals surface area contributed by atoms with Crippen molar-refractivity contribution in [1.29, 1.82) is 0 Å². The number of aromatic nitrogens is 1. The number of rotatable bonds is 5. The van der Waals surface area contributed by atoms with E-state index in [0.29, 0.717) is 11.6 Å². The maximum Gasteiger partial charge on any atom is 0.270 e. The van der Waals surface area contributed by atoms with Crippen molar-refractivity contribution < 1.29 is 14.6 Å². The molecule has 24 heavy (non-hydrogen) atoms. The molecule has 1 saturated carbocycles. The molecule has 6 heteroatoms. The van der Waals surface area contributed by atoms with Gasteiger partial charge in [0.25, 0.3) is 5.91 Å². The number of benzene rings is 1. The van der Waals surface area contributed by atoms with Gasteiger partial charge in [0.05, 0.1) is 7.11 Å². The van der Waals surface area contributed by atoms with E-state index in [1.807, 2.05) is 24.3 Å². The van der Waals surface area contributed by atoms with E-state index in [1.54, 1.807) is 12.5 Å². The summed E-state index contributed by atoms with van der Waals surface area (Å²) in [5.74, 6) is 1.07. The van der Waals surface area contributed by atoms with Gasteiger partial charge in [-0.2, -0.15) is 0 Å². The first-order valence-electron chi connectivity index (χ1n) is 8.21. The number of aliphatic hydroxyl groups excluding tert-OH is 1. The second-order valence-electron chi connectivity index (χ2n) is 6.14. The van der Waals surface area contributed by atoms with Crippen molar-refractivity contribution in [3.63, 3.8) is 0 Å². The van der Waals surface area contributed by atoms with Crippen LogP contribution in [0.25, 0.3) is 10.6 Å². The van der Waals surface area contributed by atoms with Crippen LogP contribution >= 0.6 is 11.3 Å². The first-order valence-corrected chi connectivity index (χ1v) is 9.09. The topological polar surface area (TPSA) is 71.5 Å². The molecule has 3 rings (SSSR count). The lowest BCUT2D eigenvalue weighted by atomic mass is 9.86. The van der Waals surface area contributed by atoms with Gasteiger partial charge in [-0.15, -0.1) is 11.3 Å². The van der Waals surface area contributed by atoms with Crippen LogP contribution in [0.2, 0.25) is 0 Å². The normalized spacial score (nSPS) is 20.6. The molecule has 1 heterocycles. The summed E-state index contributed by atoms with van der Waals surface area (Å²) in [6.45, 7) is 0.248. The number of ether oxygens (including phenoxy) is 1. The second kappa shape index (κ2) is 7.77. The first kappa shape index (κ1) is 16.9. The number of nitrogens with one attached hydrogen (secondary N) is 1. The molecule has 1 aromatic carbocycles. The van der Waals surface area contributed by atoms with E-state index in [9.17, 15) is 9.90 Å². The largest absolute Gasteiger partial charge is 0.497 e. The molecule has 0 aliphatic heterocycles. The number of aliphatic hydroxyl groups is 1. The third-order valence-electron chi connectivity index (χ3n) is 4.51. The van der Waals surface area contributed by atoms with Gasteiger partial charge in [-0.25, -0.2) is 4.98 Å². The summed E-state index contributed by atoms with van der Waals surface area (Å²) >= 11 is 1.46. The standard InChI is InChI=1S/C18H22N2O3S/c1-23-15-8-4-13(5-9-15)18-20-16(11-24-18)17(22)19-14-6-2-12(10-21)3-7-14/h4-5,8-9,11-12,14,21H,2-3,6-7,10H2,1H3,(H,19,22). The lowest BCUT2D eigenvalue weighted by molar-refractivity contribution is 0.0909. The highest BCUT2D eigenvalue weighted by atomic mass is 32.1. The van der Waals surface area contributed by atoms with Gasteiger partial charge in [-0.3, -0.25) is 4.79 Å². The third kappa shape index (κ3) is 3.94. The minimum Gasteiger partial charge on any atom is -0.497 e. The average molecular weight is 346 g/mol. The lowest BCUT2D eigenvalue weighted by Crippen LogP contribution is -2.38. The summed E-state index contributed by atoms with van der Waals surface area (Å²) in [4.78, 5) is 16.8. The summed E-state index contributed by atoms with van der Waals surface area (Å²) in [5.41, 5.74) is 1.44. The number of thiazole rings is 1. The smallest absolute Gasteiger partial charge is 0.270 e. The van der Waals surface area contributed by atoms with Crippen LogP contribution in [0.1, 0.15) is 36.2 Å². The SMILES string of the molecule is COc1ccc(-c2nc(C(=O)NC3CCC(CO)CC3)cs2)cc1. The molecular formula is C18H22N2O3S. The minimum atomic E-state index is -0.113. The van der Waals surface area contributed by atoms with Crippen molar-refractivity contribution in [2.45, 2.75) is 31.7 Å². The van der Waals surface area contributed by atoms with E-state index >= 15 is 0 Å². The fraction of sp³-hybridized carbons (Fsp3) is 0.444. The maximum atomic E-state index is 12.4. The van der Waals surface area contributed by atoms with Crippen LogP contribution in [0.3, 0.4) is 0 Å². The number of carbonyl (C=O) groups is 1. The molecular weight excluding hydrogens is 324 g/mol. The number of amides is 1. The molecule has 0 atom stereocenters. The Balaban J connectivity index is 1.61. The van der Waals surface area contributed by atoms with Crippen molar-refractivity contribution >= 4 is 17.2 Å². The van der Waals surface area contributed by atoms with Gasteiger partial charge in [0, 0.05) is 23.6 Å². The highest BCUT2D eigenvalue weighted by Gasteiger charge is 2.23. The predicted molar refractivity (Wildman–Crippen MR) is 94.4 cm³/mol. The molecule has 2 N–H and O–H groups in total. The van der Waals surface area contributed by atoms with Gasteiger partial charge in [0.15, 0.2) is 0 Å². The fourth-order valence-corrected chi connectivity index (χ4v) is 3.80. The monoisotopic (exact) mass is 346 g/mol. The van der Waals surface area contributed by atoms with Gasteiger partial charge in [0.2, 0.25) is 0 Å². The maximum absolute atomic E-state index is 12.4. The minimum absolute atomic E-state index is 0.113. The molecule has 0 saturated heterocycles. The van der Waals surface area contributed by atoms with Crippen LogP contribution in [0.4, 0.5) is 0 Å². The molecule has 0 spiro atoms. The average Bonchev–Trinajstić information content (AvgIpc) is 3.13. The van der Waals surface area contributed by atoms with Gasteiger partial charge in [0.1, 0.15) is 16.5 Å². The predicted octanol–water partition coefficient (Wildman–Crippen LogP) is 3.10. The summed E-state index contributed by atoms with van der Waals surface area (Å²) < 4.78 is 5.15. The Hall–Kier alpha value is -1.92. The molecule has 5 nitrogen and oxygen atoms in total.